The van der Waals surface area contributed by atoms with Crippen LogP contribution in [0.1, 0.15) is 45.4 Å². The molecule has 106 valence electrons. The molecule has 0 aromatic rings. The summed E-state index contributed by atoms with van der Waals surface area (Å²) in [6, 6.07) is 0.875. The van der Waals surface area contributed by atoms with E-state index in [2.05, 4.69) is 16.7 Å². The molecule has 2 saturated heterocycles. The van der Waals surface area contributed by atoms with Crippen LogP contribution < -0.4 is 5.73 Å². The molecule has 0 aromatic carbocycles. The monoisotopic (exact) mass is 253 g/mol. The third-order valence-electron chi connectivity index (χ3n) is 4.89. The lowest BCUT2D eigenvalue weighted by atomic mass is 9.98. The molecule has 1 unspecified atom stereocenters. The maximum atomic E-state index is 5.81. The van der Waals surface area contributed by atoms with Crippen LogP contribution in [0, 0.1) is 5.92 Å². The van der Waals surface area contributed by atoms with Gasteiger partial charge >= 0.3 is 0 Å². The first-order chi connectivity index (χ1) is 8.83. The van der Waals surface area contributed by atoms with Gasteiger partial charge in [-0.25, -0.2) is 0 Å². The first-order valence-electron chi connectivity index (χ1n) is 8.00. The zero-order valence-corrected chi connectivity index (χ0v) is 12.1. The highest BCUT2D eigenvalue weighted by molar-refractivity contribution is 4.82. The molecule has 0 aliphatic carbocycles. The van der Waals surface area contributed by atoms with E-state index in [1.807, 2.05) is 0 Å². The van der Waals surface area contributed by atoms with Crippen molar-refractivity contribution in [3.05, 3.63) is 0 Å². The Morgan fingerprint density at radius 3 is 2.28 bits per heavy atom. The molecule has 2 fully saturated rings. The molecule has 2 aliphatic heterocycles. The van der Waals surface area contributed by atoms with Crippen molar-refractivity contribution in [3.63, 3.8) is 0 Å². The third-order valence-corrected chi connectivity index (χ3v) is 4.89. The van der Waals surface area contributed by atoms with Gasteiger partial charge in [-0.3, -0.25) is 0 Å². The zero-order valence-electron chi connectivity index (χ0n) is 12.1. The Bertz CT molecular complexity index is 214. The van der Waals surface area contributed by atoms with Crippen LogP contribution in [0.15, 0.2) is 0 Å². The molecule has 18 heavy (non-hydrogen) atoms. The summed E-state index contributed by atoms with van der Waals surface area (Å²) < 4.78 is 0. The number of nitrogens with two attached hydrogens (primary N) is 1. The van der Waals surface area contributed by atoms with Gasteiger partial charge in [-0.2, -0.15) is 0 Å². The Balaban J connectivity index is 1.70. The summed E-state index contributed by atoms with van der Waals surface area (Å²) in [6.45, 7) is 9.62. The van der Waals surface area contributed by atoms with Gasteiger partial charge in [0.1, 0.15) is 0 Å². The predicted molar refractivity (Wildman–Crippen MR) is 77.7 cm³/mol. The second-order valence-corrected chi connectivity index (χ2v) is 6.14. The molecular formula is C15H31N3. The number of rotatable bonds is 5. The number of hydrogen-bond acceptors (Lipinski definition) is 3. The fraction of sp³-hybridized carbons (Fsp3) is 1.00. The van der Waals surface area contributed by atoms with E-state index < -0.39 is 0 Å². The van der Waals surface area contributed by atoms with E-state index in [1.54, 1.807) is 0 Å². The highest BCUT2D eigenvalue weighted by Gasteiger charge is 2.26. The van der Waals surface area contributed by atoms with Gasteiger partial charge in [0.2, 0.25) is 0 Å². The number of piperidine rings is 2. The summed E-state index contributed by atoms with van der Waals surface area (Å²) in [7, 11) is 0. The largest absolute Gasteiger partial charge is 0.330 e. The molecule has 0 amide bonds. The average molecular weight is 253 g/mol. The SMILES string of the molecule is CCC(CN)CN1CCC(N2CCCCC2)CC1. The smallest absolute Gasteiger partial charge is 0.0120 e. The summed E-state index contributed by atoms with van der Waals surface area (Å²) in [6.07, 6.45) is 8.27. The van der Waals surface area contributed by atoms with Crippen LogP contribution in [0.5, 0.6) is 0 Å². The summed E-state index contributed by atoms with van der Waals surface area (Å²) in [5.74, 6) is 0.705. The highest BCUT2D eigenvalue weighted by Crippen LogP contribution is 2.21. The molecule has 1 atom stereocenters. The van der Waals surface area contributed by atoms with E-state index in [1.165, 1.54) is 71.2 Å². The lowest BCUT2D eigenvalue weighted by molar-refractivity contribution is 0.0855. The van der Waals surface area contributed by atoms with Crippen LogP contribution in [0.3, 0.4) is 0 Å². The molecule has 2 rings (SSSR count). The molecule has 0 bridgehead atoms. The summed E-state index contributed by atoms with van der Waals surface area (Å²) in [4.78, 5) is 5.39. The van der Waals surface area contributed by atoms with Crippen LogP contribution in [-0.4, -0.2) is 55.1 Å². The average Bonchev–Trinajstić information content (AvgIpc) is 2.46. The van der Waals surface area contributed by atoms with Crippen molar-refractivity contribution in [1.82, 2.24) is 9.80 Å². The van der Waals surface area contributed by atoms with E-state index in [0.717, 1.165) is 12.6 Å². The molecule has 0 aromatic heterocycles. The first kappa shape index (κ1) is 14.3. The van der Waals surface area contributed by atoms with E-state index in [9.17, 15) is 0 Å². The molecule has 2 aliphatic rings. The van der Waals surface area contributed by atoms with Crippen LogP contribution in [0.25, 0.3) is 0 Å². The Labute approximate surface area is 113 Å². The minimum Gasteiger partial charge on any atom is -0.330 e. The summed E-state index contributed by atoms with van der Waals surface area (Å²) in [5, 5.41) is 0. The van der Waals surface area contributed by atoms with Gasteiger partial charge in [0.25, 0.3) is 0 Å². The van der Waals surface area contributed by atoms with Crippen LogP contribution in [0.2, 0.25) is 0 Å². The minimum atomic E-state index is 0.705. The molecule has 0 radical (unpaired) electrons. The summed E-state index contributed by atoms with van der Waals surface area (Å²) in [5.41, 5.74) is 5.81. The van der Waals surface area contributed by atoms with Crippen LogP contribution in [-0.2, 0) is 0 Å². The van der Waals surface area contributed by atoms with Crippen LogP contribution >= 0.6 is 0 Å². The normalized spacial score (nSPS) is 26.3. The van der Waals surface area contributed by atoms with E-state index >= 15 is 0 Å². The second-order valence-electron chi connectivity index (χ2n) is 6.14. The third kappa shape index (κ3) is 3.94. The number of likely N-dealkylation sites (tertiary alicyclic amines) is 2. The Kier molecular flexibility index (Phi) is 5.93. The maximum absolute atomic E-state index is 5.81. The quantitative estimate of drug-likeness (QED) is 0.812. The molecule has 2 heterocycles. The van der Waals surface area contributed by atoms with E-state index in [0.29, 0.717) is 5.92 Å². The van der Waals surface area contributed by atoms with E-state index in [4.69, 9.17) is 5.73 Å². The number of hydrogen-bond donors (Lipinski definition) is 1. The first-order valence-corrected chi connectivity index (χ1v) is 8.00. The lowest BCUT2D eigenvalue weighted by Gasteiger charge is -2.41. The van der Waals surface area contributed by atoms with Crippen molar-refractivity contribution in [2.75, 3.05) is 39.3 Å². The lowest BCUT2D eigenvalue weighted by Crippen LogP contribution is -2.47. The molecule has 0 spiro atoms. The molecular weight excluding hydrogens is 222 g/mol. The number of nitrogens with zero attached hydrogens (tertiary/aromatic N) is 2. The van der Waals surface area contributed by atoms with Gasteiger partial charge < -0.3 is 15.5 Å². The summed E-state index contributed by atoms with van der Waals surface area (Å²) >= 11 is 0. The maximum Gasteiger partial charge on any atom is 0.0120 e. The fourth-order valence-corrected chi connectivity index (χ4v) is 3.49. The minimum absolute atomic E-state index is 0.705. The van der Waals surface area contributed by atoms with Crippen LogP contribution in [0.4, 0.5) is 0 Å². The highest BCUT2D eigenvalue weighted by atomic mass is 15.2. The zero-order chi connectivity index (χ0) is 12.8. The van der Waals surface area contributed by atoms with E-state index in [-0.39, 0.29) is 0 Å². The molecule has 3 nitrogen and oxygen atoms in total. The second kappa shape index (κ2) is 7.46. The van der Waals surface area contributed by atoms with Gasteiger partial charge in [0, 0.05) is 12.6 Å². The standard InChI is InChI=1S/C15H31N3/c1-2-14(12-16)13-17-10-6-15(7-11-17)18-8-4-3-5-9-18/h14-15H,2-13,16H2,1H3. The topological polar surface area (TPSA) is 32.5 Å². The van der Waals surface area contributed by atoms with Crippen molar-refractivity contribution in [2.45, 2.75) is 51.5 Å². The van der Waals surface area contributed by atoms with Gasteiger partial charge in [-0.05, 0) is 64.3 Å². The molecule has 3 heteroatoms. The van der Waals surface area contributed by atoms with Gasteiger partial charge in [0.05, 0.1) is 0 Å². The predicted octanol–water partition coefficient (Wildman–Crippen LogP) is 1.92. The van der Waals surface area contributed by atoms with Crippen molar-refractivity contribution in [3.8, 4) is 0 Å². The Morgan fingerprint density at radius 2 is 1.72 bits per heavy atom. The van der Waals surface area contributed by atoms with Crippen molar-refractivity contribution >= 4 is 0 Å². The Morgan fingerprint density at radius 1 is 1.06 bits per heavy atom. The Hall–Kier alpha value is -0.120. The molecule has 0 saturated carbocycles. The molecule has 2 N–H and O–H groups in total. The van der Waals surface area contributed by atoms with Gasteiger partial charge in [-0.15, -0.1) is 0 Å². The van der Waals surface area contributed by atoms with Crippen molar-refractivity contribution < 1.29 is 0 Å². The van der Waals surface area contributed by atoms with Crippen molar-refractivity contribution in [1.29, 1.82) is 0 Å². The van der Waals surface area contributed by atoms with Gasteiger partial charge in [0.15, 0.2) is 0 Å². The van der Waals surface area contributed by atoms with Gasteiger partial charge in [-0.1, -0.05) is 19.8 Å². The van der Waals surface area contributed by atoms with Crippen molar-refractivity contribution in [2.24, 2.45) is 11.7 Å². The fourth-order valence-electron chi connectivity index (χ4n) is 3.49.